The van der Waals surface area contributed by atoms with Gasteiger partial charge < -0.3 is 5.32 Å². The van der Waals surface area contributed by atoms with Crippen LogP contribution in [0.15, 0.2) is 30.3 Å². The van der Waals surface area contributed by atoms with Crippen LogP contribution in [0.25, 0.3) is 0 Å². The van der Waals surface area contributed by atoms with Crippen LogP contribution in [-0.2, 0) is 0 Å². The molecule has 1 aromatic rings. The molecule has 0 aliphatic carbocycles. The first-order valence-electron chi connectivity index (χ1n) is 5.52. The highest BCUT2D eigenvalue weighted by Crippen LogP contribution is 2.15. The minimum atomic E-state index is 0.513. The highest BCUT2D eigenvalue weighted by atomic mass is 14.9. The Balaban J connectivity index is 2.54. The summed E-state index contributed by atoms with van der Waals surface area (Å²) in [4.78, 5) is 0. The molecular weight excluding hydrogens is 170 g/mol. The van der Waals surface area contributed by atoms with Gasteiger partial charge in [0.1, 0.15) is 0 Å². The standard InChI is InChI=1S/C13H21N/c1-4-13(14-10-11(2)3)12-8-6-5-7-9-12/h5-9,11,13-14H,4,10H2,1-3H3/t13-/m1/s1. The van der Waals surface area contributed by atoms with Crippen LogP contribution < -0.4 is 5.32 Å². The molecule has 1 nitrogen and oxygen atoms in total. The van der Waals surface area contributed by atoms with Crippen molar-refractivity contribution in [2.75, 3.05) is 6.54 Å². The van der Waals surface area contributed by atoms with Crippen molar-refractivity contribution < 1.29 is 0 Å². The minimum Gasteiger partial charge on any atom is -0.310 e. The van der Waals surface area contributed by atoms with Gasteiger partial charge in [0.2, 0.25) is 0 Å². The summed E-state index contributed by atoms with van der Waals surface area (Å²) in [6, 6.07) is 11.2. The predicted octanol–water partition coefficient (Wildman–Crippen LogP) is 3.38. The van der Waals surface area contributed by atoms with Crippen molar-refractivity contribution in [2.45, 2.75) is 33.2 Å². The highest BCUT2D eigenvalue weighted by Gasteiger charge is 2.07. The van der Waals surface area contributed by atoms with E-state index in [9.17, 15) is 0 Å². The van der Waals surface area contributed by atoms with Crippen LogP contribution in [0.3, 0.4) is 0 Å². The molecular formula is C13H21N. The first-order valence-corrected chi connectivity index (χ1v) is 5.52. The maximum Gasteiger partial charge on any atom is 0.0317 e. The molecule has 78 valence electrons. The Hall–Kier alpha value is -0.820. The van der Waals surface area contributed by atoms with Gasteiger partial charge in [-0.2, -0.15) is 0 Å². The summed E-state index contributed by atoms with van der Waals surface area (Å²) in [6.07, 6.45) is 1.15. The van der Waals surface area contributed by atoms with Crippen molar-refractivity contribution in [3.8, 4) is 0 Å². The first kappa shape index (κ1) is 11.3. The van der Waals surface area contributed by atoms with Gasteiger partial charge in [0.05, 0.1) is 0 Å². The van der Waals surface area contributed by atoms with Gasteiger partial charge in [0, 0.05) is 6.04 Å². The third kappa shape index (κ3) is 3.51. The van der Waals surface area contributed by atoms with Crippen LogP contribution in [0.5, 0.6) is 0 Å². The van der Waals surface area contributed by atoms with Crippen LogP contribution in [0.2, 0.25) is 0 Å². The van der Waals surface area contributed by atoms with Crippen molar-refractivity contribution in [3.63, 3.8) is 0 Å². The summed E-state index contributed by atoms with van der Waals surface area (Å²) in [7, 11) is 0. The Morgan fingerprint density at radius 3 is 2.29 bits per heavy atom. The molecule has 0 saturated heterocycles. The molecule has 0 radical (unpaired) electrons. The average molecular weight is 191 g/mol. The van der Waals surface area contributed by atoms with E-state index in [1.165, 1.54) is 5.56 Å². The molecule has 0 heterocycles. The molecule has 0 saturated carbocycles. The maximum atomic E-state index is 3.59. The van der Waals surface area contributed by atoms with Crippen LogP contribution in [-0.4, -0.2) is 6.54 Å². The molecule has 1 aromatic carbocycles. The Labute approximate surface area is 87.5 Å². The maximum absolute atomic E-state index is 3.59. The SMILES string of the molecule is CC[C@@H](NCC(C)C)c1ccccc1. The van der Waals surface area contributed by atoms with Gasteiger partial charge in [-0.25, -0.2) is 0 Å². The average Bonchev–Trinajstić information content (AvgIpc) is 2.20. The van der Waals surface area contributed by atoms with Gasteiger partial charge in [-0.1, -0.05) is 51.1 Å². The van der Waals surface area contributed by atoms with Crippen molar-refractivity contribution >= 4 is 0 Å². The quantitative estimate of drug-likeness (QED) is 0.752. The van der Waals surface area contributed by atoms with E-state index in [4.69, 9.17) is 0 Å². The van der Waals surface area contributed by atoms with E-state index in [1.807, 2.05) is 0 Å². The zero-order valence-corrected chi connectivity index (χ0v) is 9.46. The monoisotopic (exact) mass is 191 g/mol. The van der Waals surface area contributed by atoms with Crippen LogP contribution in [0.4, 0.5) is 0 Å². The Morgan fingerprint density at radius 1 is 1.14 bits per heavy atom. The number of benzene rings is 1. The molecule has 0 aromatic heterocycles. The molecule has 0 aliphatic heterocycles. The van der Waals surface area contributed by atoms with Crippen molar-refractivity contribution in [1.82, 2.24) is 5.32 Å². The van der Waals surface area contributed by atoms with Crippen molar-refractivity contribution in [3.05, 3.63) is 35.9 Å². The lowest BCUT2D eigenvalue weighted by Crippen LogP contribution is -2.24. The molecule has 1 rings (SSSR count). The van der Waals surface area contributed by atoms with E-state index in [-0.39, 0.29) is 0 Å². The van der Waals surface area contributed by atoms with Crippen LogP contribution in [0, 0.1) is 5.92 Å². The highest BCUT2D eigenvalue weighted by molar-refractivity contribution is 5.18. The summed E-state index contributed by atoms with van der Waals surface area (Å²) in [5, 5.41) is 3.59. The number of nitrogens with one attached hydrogen (secondary N) is 1. The topological polar surface area (TPSA) is 12.0 Å². The van der Waals surface area contributed by atoms with E-state index in [1.54, 1.807) is 0 Å². The third-order valence-electron chi connectivity index (χ3n) is 2.38. The van der Waals surface area contributed by atoms with Gasteiger partial charge >= 0.3 is 0 Å². The van der Waals surface area contributed by atoms with Crippen LogP contribution >= 0.6 is 0 Å². The zero-order valence-electron chi connectivity index (χ0n) is 9.46. The summed E-state index contributed by atoms with van der Waals surface area (Å²) in [5.41, 5.74) is 1.40. The van der Waals surface area contributed by atoms with E-state index in [0.29, 0.717) is 12.0 Å². The van der Waals surface area contributed by atoms with E-state index in [0.717, 1.165) is 13.0 Å². The summed E-state index contributed by atoms with van der Waals surface area (Å²) in [5.74, 6) is 0.716. The summed E-state index contributed by atoms with van der Waals surface area (Å²) < 4.78 is 0. The molecule has 0 unspecified atom stereocenters. The summed E-state index contributed by atoms with van der Waals surface area (Å²) in [6.45, 7) is 7.80. The van der Waals surface area contributed by atoms with Gasteiger partial charge in [-0.3, -0.25) is 0 Å². The van der Waals surface area contributed by atoms with Gasteiger partial charge in [-0.15, -0.1) is 0 Å². The molecule has 14 heavy (non-hydrogen) atoms. The molecule has 0 bridgehead atoms. The van der Waals surface area contributed by atoms with E-state index >= 15 is 0 Å². The molecule has 0 spiro atoms. The lowest BCUT2D eigenvalue weighted by Gasteiger charge is -2.18. The van der Waals surface area contributed by atoms with Crippen LogP contribution in [0.1, 0.15) is 38.8 Å². The number of hydrogen-bond donors (Lipinski definition) is 1. The van der Waals surface area contributed by atoms with Gasteiger partial charge in [-0.05, 0) is 24.4 Å². The molecule has 0 aliphatic rings. The fourth-order valence-electron chi connectivity index (χ4n) is 1.56. The third-order valence-corrected chi connectivity index (χ3v) is 2.38. The van der Waals surface area contributed by atoms with E-state index in [2.05, 4.69) is 56.4 Å². The fourth-order valence-corrected chi connectivity index (χ4v) is 1.56. The second kappa shape index (κ2) is 5.82. The normalized spacial score (nSPS) is 13.1. The molecule has 1 N–H and O–H groups in total. The van der Waals surface area contributed by atoms with Gasteiger partial charge in [0.15, 0.2) is 0 Å². The molecule has 0 amide bonds. The Kier molecular flexibility index (Phi) is 4.68. The minimum absolute atomic E-state index is 0.513. The lowest BCUT2D eigenvalue weighted by molar-refractivity contribution is 0.465. The number of hydrogen-bond acceptors (Lipinski definition) is 1. The predicted molar refractivity (Wildman–Crippen MR) is 62.3 cm³/mol. The molecule has 1 atom stereocenters. The lowest BCUT2D eigenvalue weighted by atomic mass is 10.0. The second-order valence-electron chi connectivity index (χ2n) is 4.17. The van der Waals surface area contributed by atoms with E-state index < -0.39 is 0 Å². The smallest absolute Gasteiger partial charge is 0.0317 e. The molecule has 0 fully saturated rings. The Morgan fingerprint density at radius 2 is 1.79 bits per heavy atom. The zero-order chi connectivity index (χ0) is 10.4. The first-order chi connectivity index (χ1) is 6.74. The largest absolute Gasteiger partial charge is 0.310 e. The number of rotatable bonds is 5. The molecule has 1 heteroatoms. The fraction of sp³-hybridized carbons (Fsp3) is 0.538. The summed E-state index contributed by atoms with van der Waals surface area (Å²) >= 11 is 0. The van der Waals surface area contributed by atoms with Crippen molar-refractivity contribution in [1.29, 1.82) is 0 Å². The van der Waals surface area contributed by atoms with Gasteiger partial charge in [0.25, 0.3) is 0 Å². The van der Waals surface area contributed by atoms with Crippen molar-refractivity contribution in [2.24, 2.45) is 5.92 Å². The second-order valence-corrected chi connectivity index (χ2v) is 4.17. The Bertz CT molecular complexity index is 241.